The number of aryl methyl sites for hydroxylation is 1. The molecule has 124 valence electrons. The minimum absolute atomic E-state index is 0.218. The zero-order valence-electron chi connectivity index (χ0n) is 13.8. The molecule has 1 unspecified atom stereocenters. The first-order valence-electron chi connectivity index (χ1n) is 7.75. The molecular formula is C18H23FN2O2. The van der Waals surface area contributed by atoms with Gasteiger partial charge in [0.1, 0.15) is 11.9 Å². The molecule has 23 heavy (non-hydrogen) atoms. The lowest BCUT2D eigenvalue weighted by Crippen LogP contribution is -2.34. The maximum absolute atomic E-state index is 13.9. The summed E-state index contributed by atoms with van der Waals surface area (Å²) in [5.41, 5.74) is 9.52. The molecule has 0 amide bonds. The number of benzene rings is 1. The van der Waals surface area contributed by atoms with Crippen molar-refractivity contribution >= 4 is 5.97 Å². The van der Waals surface area contributed by atoms with Crippen LogP contribution in [0.15, 0.2) is 30.3 Å². The predicted molar refractivity (Wildman–Crippen MR) is 87.7 cm³/mol. The molecule has 0 aliphatic carbocycles. The predicted octanol–water partition coefficient (Wildman–Crippen LogP) is 2.73. The summed E-state index contributed by atoms with van der Waals surface area (Å²) in [5, 5.41) is 0. The Kier molecular flexibility index (Phi) is 5.55. The summed E-state index contributed by atoms with van der Waals surface area (Å²) < 4.78 is 20.8. The van der Waals surface area contributed by atoms with Gasteiger partial charge in [-0.25, -0.2) is 4.39 Å². The van der Waals surface area contributed by atoms with Crippen LogP contribution in [-0.2, 0) is 22.5 Å². The average molecular weight is 318 g/mol. The zero-order chi connectivity index (χ0) is 17.0. The Morgan fingerprint density at radius 3 is 2.65 bits per heavy atom. The Bertz CT molecular complexity index is 694. The molecule has 0 saturated carbocycles. The Balaban J connectivity index is 2.19. The minimum atomic E-state index is -0.683. The van der Waals surface area contributed by atoms with Crippen LogP contribution in [0.2, 0.25) is 0 Å². The maximum Gasteiger partial charge on any atom is 0.323 e. The van der Waals surface area contributed by atoms with E-state index in [1.807, 2.05) is 30.5 Å². The molecule has 0 saturated heterocycles. The van der Waals surface area contributed by atoms with E-state index in [1.165, 1.54) is 6.07 Å². The van der Waals surface area contributed by atoms with Crippen LogP contribution < -0.4 is 5.73 Å². The Morgan fingerprint density at radius 2 is 2.00 bits per heavy atom. The van der Waals surface area contributed by atoms with Crippen molar-refractivity contribution in [1.82, 2.24) is 4.57 Å². The molecule has 0 aliphatic rings. The molecule has 2 rings (SSSR count). The third-order valence-corrected chi connectivity index (χ3v) is 3.99. The monoisotopic (exact) mass is 318 g/mol. The van der Waals surface area contributed by atoms with Crippen molar-refractivity contribution in [3.05, 3.63) is 58.7 Å². The first-order valence-corrected chi connectivity index (χ1v) is 7.75. The maximum atomic E-state index is 13.9. The van der Waals surface area contributed by atoms with Gasteiger partial charge in [0.2, 0.25) is 0 Å². The van der Waals surface area contributed by atoms with E-state index in [4.69, 9.17) is 10.5 Å². The second-order valence-corrected chi connectivity index (χ2v) is 5.64. The number of carbonyl (C=O) groups is 1. The van der Waals surface area contributed by atoms with Gasteiger partial charge in [0.15, 0.2) is 0 Å². The molecule has 0 radical (unpaired) electrons. The molecule has 2 N–H and O–H groups in total. The molecule has 5 heteroatoms. The molecule has 0 fully saturated rings. The molecular weight excluding hydrogens is 295 g/mol. The topological polar surface area (TPSA) is 57.2 Å². The van der Waals surface area contributed by atoms with Crippen molar-refractivity contribution in [3.63, 3.8) is 0 Å². The van der Waals surface area contributed by atoms with E-state index in [1.54, 1.807) is 19.1 Å². The number of aromatic nitrogens is 1. The lowest BCUT2D eigenvalue weighted by atomic mass is 10.1. The summed E-state index contributed by atoms with van der Waals surface area (Å²) in [6, 6.07) is 8.05. The van der Waals surface area contributed by atoms with Gasteiger partial charge in [0.25, 0.3) is 0 Å². The second kappa shape index (κ2) is 7.42. The van der Waals surface area contributed by atoms with Gasteiger partial charge in [-0.05, 0) is 44.9 Å². The van der Waals surface area contributed by atoms with Crippen LogP contribution in [0.3, 0.4) is 0 Å². The van der Waals surface area contributed by atoms with E-state index in [0.29, 0.717) is 25.1 Å². The van der Waals surface area contributed by atoms with Crippen LogP contribution in [0.4, 0.5) is 4.39 Å². The van der Waals surface area contributed by atoms with Crippen LogP contribution in [0.25, 0.3) is 0 Å². The average Bonchev–Trinajstić information content (AvgIpc) is 2.77. The Morgan fingerprint density at radius 1 is 1.30 bits per heavy atom. The van der Waals surface area contributed by atoms with Crippen molar-refractivity contribution in [3.8, 4) is 0 Å². The fraction of sp³-hybridized carbons (Fsp3) is 0.389. The van der Waals surface area contributed by atoms with E-state index in [2.05, 4.69) is 0 Å². The highest BCUT2D eigenvalue weighted by molar-refractivity contribution is 5.75. The first-order chi connectivity index (χ1) is 10.9. The highest BCUT2D eigenvalue weighted by atomic mass is 19.1. The Hall–Kier alpha value is -2.14. The quantitative estimate of drug-likeness (QED) is 0.833. The van der Waals surface area contributed by atoms with Crippen LogP contribution in [0, 0.1) is 19.7 Å². The summed E-state index contributed by atoms with van der Waals surface area (Å²) in [6.45, 7) is 6.46. The highest BCUT2D eigenvalue weighted by Crippen LogP contribution is 2.19. The van der Waals surface area contributed by atoms with Gasteiger partial charge in [-0.15, -0.1) is 0 Å². The lowest BCUT2D eigenvalue weighted by Gasteiger charge is -2.12. The number of hydrogen-bond donors (Lipinski definition) is 1. The largest absolute Gasteiger partial charge is 0.465 e. The summed E-state index contributed by atoms with van der Waals surface area (Å²) in [6.07, 6.45) is 0.412. The summed E-state index contributed by atoms with van der Waals surface area (Å²) in [7, 11) is 0. The number of nitrogens with zero attached hydrogens (tertiary/aromatic N) is 1. The van der Waals surface area contributed by atoms with Crippen LogP contribution in [-0.4, -0.2) is 23.2 Å². The van der Waals surface area contributed by atoms with E-state index in [-0.39, 0.29) is 5.82 Å². The first kappa shape index (κ1) is 17.2. The number of hydrogen-bond acceptors (Lipinski definition) is 3. The third-order valence-electron chi connectivity index (χ3n) is 3.99. The number of nitrogens with two attached hydrogens (primary N) is 1. The summed E-state index contributed by atoms with van der Waals surface area (Å²) >= 11 is 0. The van der Waals surface area contributed by atoms with Gasteiger partial charge < -0.3 is 15.0 Å². The molecule has 1 aromatic heterocycles. The number of halogens is 1. The highest BCUT2D eigenvalue weighted by Gasteiger charge is 2.19. The fourth-order valence-electron chi connectivity index (χ4n) is 2.69. The Labute approximate surface area is 136 Å². The van der Waals surface area contributed by atoms with Crippen LogP contribution >= 0.6 is 0 Å². The lowest BCUT2D eigenvalue weighted by molar-refractivity contribution is -0.144. The SMILES string of the molecule is CCOC(=O)C(N)Cc1cc(C)n(Cc2ccccc2F)c1C. The van der Waals surface area contributed by atoms with Gasteiger partial charge >= 0.3 is 5.97 Å². The third kappa shape index (κ3) is 3.99. The molecule has 0 aliphatic heterocycles. The van der Waals surface area contributed by atoms with Crippen molar-refractivity contribution in [2.24, 2.45) is 5.73 Å². The molecule has 1 heterocycles. The number of rotatable bonds is 6. The number of esters is 1. The van der Waals surface area contributed by atoms with Crippen LogP contribution in [0.5, 0.6) is 0 Å². The molecule has 0 spiro atoms. The molecule has 1 aromatic carbocycles. The van der Waals surface area contributed by atoms with Crippen molar-refractivity contribution < 1.29 is 13.9 Å². The summed E-state index contributed by atoms with van der Waals surface area (Å²) in [5.74, 6) is -0.615. The minimum Gasteiger partial charge on any atom is -0.465 e. The number of carbonyl (C=O) groups excluding carboxylic acids is 1. The number of ether oxygens (including phenoxy) is 1. The molecule has 4 nitrogen and oxygen atoms in total. The molecule has 2 aromatic rings. The van der Waals surface area contributed by atoms with Crippen LogP contribution in [0.1, 0.15) is 29.4 Å². The van der Waals surface area contributed by atoms with E-state index < -0.39 is 12.0 Å². The zero-order valence-corrected chi connectivity index (χ0v) is 13.8. The fourth-order valence-corrected chi connectivity index (χ4v) is 2.69. The van der Waals surface area contributed by atoms with E-state index >= 15 is 0 Å². The smallest absolute Gasteiger partial charge is 0.323 e. The second-order valence-electron chi connectivity index (χ2n) is 5.64. The normalized spacial score (nSPS) is 12.2. The van der Waals surface area contributed by atoms with Gasteiger partial charge in [-0.1, -0.05) is 18.2 Å². The summed E-state index contributed by atoms with van der Waals surface area (Å²) in [4.78, 5) is 11.7. The van der Waals surface area contributed by atoms with E-state index in [9.17, 15) is 9.18 Å². The van der Waals surface area contributed by atoms with Gasteiger partial charge in [-0.3, -0.25) is 4.79 Å². The van der Waals surface area contributed by atoms with Gasteiger partial charge in [0.05, 0.1) is 13.2 Å². The van der Waals surface area contributed by atoms with Crippen molar-refractivity contribution in [2.75, 3.05) is 6.61 Å². The van der Waals surface area contributed by atoms with Gasteiger partial charge in [-0.2, -0.15) is 0 Å². The van der Waals surface area contributed by atoms with Crippen molar-refractivity contribution in [2.45, 2.75) is 39.8 Å². The van der Waals surface area contributed by atoms with Crippen molar-refractivity contribution in [1.29, 1.82) is 0 Å². The standard InChI is InChI=1S/C18H23FN2O2/c1-4-23-18(22)17(20)10-15-9-12(2)21(13(15)3)11-14-7-5-6-8-16(14)19/h5-9,17H,4,10-11,20H2,1-3H3. The van der Waals surface area contributed by atoms with E-state index in [0.717, 1.165) is 17.0 Å². The molecule has 0 bridgehead atoms. The van der Waals surface area contributed by atoms with Gasteiger partial charge in [0, 0.05) is 17.0 Å². The molecule has 1 atom stereocenters.